The molecular weight excluding hydrogens is 552 g/mol. The minimum absolute atomic E-state index is 0.310. The van der Waals surface area contributed by atoms with Crippen LogP contribution in [0.3, 0.4) is 0 Å². The highest BCUT2D eigenvalue weighted by Gasteiger charge is 2.25. The van der Waals surface area contributed by atoms with Gasteiger partial charge in [-0.2, -0.15) is 0 Å². The highest BCUT2D eigenvalue weighted by Crippen LogP contribution is 2.39. The van der Waals surface area contributed by atoms with E-state index in [0.29, 0.717) is 5.84 Å². The van der Waals surface area contributed by atoms with Gasteiger partial charge >= 0.3 is 0 Å². The molecule has 5 nitrogen and oxygen atoms in total. The number of pyridine rings is 1. The van der Waals surface area contributed by atoms with Crippen molar-refractivity contribution in [2.24, 2.45) is 9.98 Å². The van der Waals surface area contributed by atoms with Crippen molar-refractivity contribution in [3.05, 3.63) is 163 Å². The number of nitrogens with zero attached hydrogens (tertiary/aromatic N) is 3. The maximum atomic E-state index is 6.57. The monoisotopic (exact) mass is 578 g/mol. The van der Waals surface area contributed by atoms with Crippen molar-refractivity contribution in [2.75, 3.05) is 0 Å². The fourth-order valence-electron chi connectivity index (χ4n) is 6.36. The minimum atomic E-state index is -0.310. The molecule has 5 heteroatoms. The molecule has 0 fully saturated rings. The van der Waals surface area contributed by atoms with Gasteiger partial charge in [-0.25, -0.2) is 9.98 Å². The number of fused-ring (bicyclic) bond motifs is 5. The number of nitrogens with one attached hydrogen (secondary N) is 1. The number of amidine groups is 2. The number of hydrogen-bond donors (Lipinski definition) is 1. The summed E-state index contributed by atoms with van der Waals surface area (Å²) in [6.45, 7) is 0. The molecule has 1 N–H and O–H groups in total. The van der Waals surface area contributed by atoms with Gasteiger partial charge in [-0.1, -0.05) is 103 Å². The minimum Gasteiger partial charge on any atom is -0.454 e. The van der Waals surface area contributed by atoms with Gasteiger partial charge in [0, 0.05) is 33.7 Å². The Morgan fingerprint density at radius 3 is 2.04 bits per heavy atom. The third kappa shape index (κ3) is 4.36. The van der Waals surface area contributed by atoms with Crippen LogP contribution in [0.1, 0.15) is 22.9 Å². The molecule has 0 bridgehead atoms. The zero-order valence-electron chi connectivity index (χ0n) is 24.2. The van der Waals surface area contributed by atoms with Crippen molar-refractivity contribution in [3.8, 4) is 11.1 Å². The van der Waals surface area contributed by atoms with Crippen molar-refractivity contribution in [2.45, 2.75) is 6.17 Å². The number of benzene rings is 6. The van der Waals surface area contributed by atoms with Crippen molar-refractivity contribution >= 4 is 55.2 Å². The highest BCUT2D eigenvalue weighted by molar-refractivity contribution is 6.23. The maximum Gasteiger partial charge on any atom is 0.160 e. The SMILES string of the molecule is c1ccc(C2N=C(c3ccc(-c4ccc5ccccc5c4)c4oc5cnccc5c34)N=C(c3ccc4ccccc4c3)N2)cc1. The number of hydrogen-bond acceptors (Lipinski definition) is 5. The van der Waals surface area contributed by atoms with Crippen LogP contribution in [0.2, 0.25) is 0 Å². The molecule has 8 aromatic rings. The average molecular weight is 579 g/mol. The van der Waals surface area contributed by atoms with Crippen LogP contribution >= 0.6 is 0 Å². The van der Waals surface area contributed by atoms with Crippen LogP contribution in [0.5, 0.6) is 0 Å². The van der Waals surface area contributed by atoms with Crippen molar-refractivity contribution in [1.82, 2.24) is 10.3 Å². The first kappa shape index (κ1) is 25.4. The lowest BCUT2D eigenvalue weighted by atomic mass is 9.96. The van der Waals surface area contributed by atoms with Crippen LogP contribution in [-0.4, -0.2) is 16.7 Å². The Hall–Kier alpha value is -6.07. The number of furan rings is 1. The summed E-state index contributed by atoms with van der Waals surface area (Å²) in [6, 6.07) is 46.4. The molecule has 0 aliphatic carbocycles. The molecule has 1 atom stereocenters. The van der Waals surface area contributed by atoms with Gasteiger partial charge in [0.05, 0.1) is 6.20 Å². The standard InChI is InChI=1S/C40H26N4O/c1-2-10-27(11-3-1)38-42-39(31-17-15-26-9-5-7-13-29(26)23-31)44-40(43-38)34-19-18-32(30-16-14-25-8-4-6-12-28(25)22-30)37-36(34)33-20-21-41-24-35(33)45-37/h1-24,38H,(H,42,43,44). The van der Waals surface area contributed by atoms with Crippen LogP contribution in [-0.2, 0) is 0 Å². The Balaban J connectivity index is 1.27. The predicted octanol–water partition coefficient (Wildman–Crippen LogP) is 9.45. The largest absolute Gasteiger partial charge is 0.454 e. The lowest BCUT2D eigenvalue weighted by Crippen LogP contribution is -2.33. The molecule has 0 amide bonds. The fraction of sp³-hybridized carbons (Fsp3) is 0.0250. The van der Waals surface area contributed by atoms with Gasteiger partial charge in [-0.15, -0.1) is 0 Å². The average Bonchev–Trinajstić information content (AvgIpc) is 3.51. The number of rotatable bonds is 4. The molecular formula is C40H26N4O. The normalized spacial score (nSPS) is 14.9. The molecule has 6 aromatic carbocycles. The number of aliphatic imine (C=N–C) groups is 2. The Kier molecular flexibility index (Phi) is 5.81. The highest BCUT2D eigenvalue weighted by atomic mass is 16.3. The Morgan fingerprint density at radius 1 is 0.600 bits per heavy atom. The van der Waals surface area contributed by atoms with Crippen LogP contribution in [0.25, 0.3) is 54.6 Å². The summed E-state index contributed by atoms with van der Waals surface area (Å²) < 4.78 is 6.57. The summed E-state index contributed by atoms with van der Waals surface area (Å²) in [4.78, 5) is 14.7. The van der Waals surface area contributed by atoms with Crippen molar-refractivity contribution < 1.29 is 4.42 Å². The molecule has 0 radical (unpaired) electrons. The van der Waals surface area contributed by atoms with E-state index in [1.807, 2.05) is 30.5 Å². The zero-order chi connectivity index (χ0) is 29.7. The molecule has 1 aliphatic rings. The Bertz CT molecular complexity index is 2470. The van der Waals surface area contributed by atoms with E-state index in [1.54, 1.807) is 6.20 Å². The van der Waals surface area contributed by atoms with Gasteiger partial charge in [0.1, 0.15) is 17.6 Å². The van der Waals surface area contributed by atoms with Crippen molar-refractivity contribution in [1.29, 1.82) is 0 Å². The molecule has 0 saturated carbocycles. The lowest BCUT2D eigenvalue weighted by molar-refractivity contribution is 0.667. The van der Waals surface area contributed by atoms with Crippen LogP contribution in [0, 0.1) is 0 Å². The molecule has 9 rings (SSSR count). The smallest absolute Gasteiger partial charge is 0.160 e. The molecule has 0 saturated heterocycles. The third-order valence-corrected chi connectivity index (χ3v) is 8.61. The van der Waals surface area contributed by atoms with Gasteiger partial charge in [0.2, 0.25) is 0 Å². The molecule has 0 spiro atoms. The Labute approximate surface area is 259 Å². The Morgan fingerprint density at radius 2 is 1.27 bits per heavy atom. The van der Waals surface area contributed by atoms with Gasteiger partial charge in [-0.3, -0.25) is 4.98 Å². The predicted molar refractivity (Wildman–Crippen MR) is 184 cm³/mol. The van der Waals surface area contributed by atoms with Crippen LogP contribution in [0.15, 0.2) is 160 Å². The van der Waals surface area contributed by atoms with Gasteiger partial charge in [0.25, 0.3) is 0 Å². The van der Waals surface area contributed by atoms with Crippen LogP contribution in [0.4, 0.5) is 0 Å². The topological polar surface area (TPSA) is 62.8 Å². The van der Waals surface area contributed by atoms with Gasteiger partial charge in [0.15, 0.2) is 11.4 Å². The van der Waals surface area contributed by atoms with Gasteiger partial charge < -0.3 is 9.73 Å². The van der Waals surface area contributed by atoms with E-state index >= 15 is 0 Å². The van der Waals surface area contributed by atoms with E-state index in [-0.39, 0.29) is 6.17 Å². The number of aromatic nitrogens is 1. The summed E-state index contributed by atoms with van der Waals surface area (Å²) >= 11 is 0. The first-order chi connectivity index (χ1) is 22.3. The molecule has 3 heterocycles. The van der Waals surface area contributed by atoms with Crippen molar-refractivity contribution in [3.63, 3.8) is 0 Å². The van der Waals surface area contributed by atoms with E-state index in [1.165, 1.54) is 16.2 Å². The summed E-state index contributed by atoms with van der Waals surface area (Å²) in [6.07, 6.45) is 3.28. The summed E-state index contributed by atoms with van der Waals surface area (Å²) in [5.74, 6) is 1.43. The second-order valence-electron chi connectivity index (χ2n) is 11.3. The lowest BCUT2D eigenvalue weighted by Gasteiger charge is -2.24. The maximum absolute atomic E-state index is 6.57. The molecule has 1 unspecified atom stereocenters. The molecule has 45 heavy (non-hydrogen) atoms. The first-order valence-electron chi connectivity index (χ1n) is 15.0. The quantitative estimate of drug-likeness (QED) is 0.226. The van der Waals surface area contributed by atoms with E-state index in [0.717, 1.165) is 61.0 Å². The third-order valence-electron chi connectivity index (χ3n) is 8.61. The summed E-state index contributed by atoms with van der Waals surface area (Å²) in [5.41, 5.74) is 6.62. The second kappa shape index (κ2) is 10.3. The molecule has 212 valence electrons. The summed E-state index contributed by atoms with van der Waals surface area (Å²) in [5, 5.41) is 10.3. The fourth-order valence-corrected chi connectivity index (χ4v) is 6.36. The first-order valence-corrected chi connectivity index (χ1v) is 15.0. The van der Waals surface area contributed by atoms with E-state index in [9.17, 15) is 0 Å². The summed E-state index contributed by atoms with van der Waals surface area (Å²) in [7, 11) is 0. The zero-order valence-corrected chi connectivity index (χ0v) is 24.2. The molecule has 2 aromatic heterocycles. The van der Waals surface area contributed by atoms with Gasteiger partial charge in [-0.05, 0) is 63.0 Å². The molecule has 1 aliphatic heterocycles. The van der Waals surface area contributed by atoms with E-state index in [2.05, 4.69) is 119 Å². The second-order valence-corrected chi connectivity index (χ2v) is 11.3. The van der Waals surface area contributed by atoms with Crippen LogP contribution < -0.4 is 5.32 Å². The van der Waals surface area contributed by atoms with E-state index < -0.39 is 0 Å². The van der Waals surface area contributed by atoms with E-state index in [4.69, 9.17) is 14.4 Å².